The summed E-state index contributed by atoms with van der Waals surface area (Å²) in [5, 5.41) is 0.399. The van der Waals surface area contributed by atoms with Gasteiger partial charge in [0.1, 0.15) is 16.6 Å². The molecule has 0 bridgehead atoms. The number of nitrogens with zero attached hydrogens (tertiary/aromatic N) is 2. The van der Waals surface area contributed by atoms with Crippen LogP contribution in [0.5, 0.6) is 11.5 Å². The molecule has 4 heteroatoms. The van der Waals surface area contributed by atoms with E-state index in [0.29, 0.717) is 16.7 Å². The molecule has 2 heterocycles. The van der Waals surface area contributed by atoms with Crippen LogP contribution in [0.4, 0.5) is 0 Å². The summed E-state index contributed by atoms with van der Waals surface area (Å²) in [6, 6.07) is 15.4. The van der Waals surface area contributed by atoms with Gasteiger partial charge >= 0.3 is 0 Å². The topological polar surface area (TPSA) is 35.0 Å². The molecule has 0 radical (unpaired) electrons. The standard InChI is InChI=1S/C18H15ClN2O/c1-12-10-16(22-15-8-9-20-17(19)11-15)18(21-13(12)2)14-6-4-3-5-7-14/h3-11H,1-2H3. The van der Waals surface area contributed by atoms with Crippen molar-refractivity contribution in [2.45, 2.75) is 13.8 Å². The summed E-state index contributed by atoms with van der Waals surface area (Å²) < 4.78 is 5.99. The van der Waals surface area contributed by atoms with E-state index in [1.807, 2.05) is 50.2 Å². The van der Waals surface area contributed by atoms with Crippen LogP contribution in [-0.4, -0.2) is 9.97 Å². The van der Waals surface area contributed by atoms with E-state index >= 15 is 0 Å². The monoisotopic (exact) mass is 310 g/mol. The number of aryl methyl sites for hydroxylation is 2. The third-order valence-electron chi connectivity index (χ3n) is 3.40. The minimum absolute atomic E-state index is 0.399. The number of hydrogen-bond acceptors (Lipinski definition) is 3. The Labute approximate surface area is 134 Å². The number of pyridine rings is 2. The summed E-state index contributed by atoms with van der Waals surface area (Å²) in [6.07, 6.45) is 1.62. The summed E-state index contributed by atoms with van der Waals surface area (Å²) in [6.45, 7) is 4.01. The maximum absolute atomic E-state index is 5.99. The second-order valence-electron chi connectivity index (χ2n) is 5.02. The molecular formula is C18H15ClN2O. The molecule has 3 aromatic rings. The van der Waals surface area contributed by atoms with Gasteiger partial charge in [0.25, 0.3) is 0 Å². The predicted octanol–water partition coefficient (Wildman–Crippen LogP) is 5.21. The highest BCUT2D eigenvalue weighted by molar-refractivity contribution is 6.29. The lowest BCUT2D eigenvalue weighted by Gasteiger charge is -2.13. The van der Waals surface area contributed by atoms with E-state index in [1.54, 1.807) is 18.3 Å². The van der Waals surface area contributed by atoms with Gasteiger partial charge in [0.05, 0.1) is 0 Å². The first-order valence-corrected chi connectivity index (χ1v) is 7.34. The van der Waals surface area contributed by atoms with E-state index in [4.69, 9.17) is 16.3 Å². The van der Waals surface area contributed by atoms with Gasteiger partial charge in [0.2, 0.25) is 0 Å². The Hall–Kier alpha value is -2.39. The quantitative estimate of drug-likeness (QED) is 0.623. The van der Waals surface area contributed by atoms with Crippen molar-refractivity contribution in [2.75, 3.05) is 0 Å². The molecule has 0 unspecified atom stereocenters. The largest absolute Gasteiger partial charge is 0.455 e. The molecule has 1 aromatic carbocycles. The maximum Gasteiger partial charge on any atom is 0.153 e. The Balaban J connectivity index is 2.08. The Bertz CT molecular complexity index is 803. The lowest BCUT2D eigenvalue weighted by molar-refractivity contribution is 0.481. The molecule has 0 amide bonds. The van der Waals surface area contributed by atoms with Crippen molar-refractivity contribution in [3.8, 4) is 22.8 Å². The van der Waals surface area contributed by atoms with Crippen molar-refractivity contribution >= 4 is 11.6 Å². The van der Waals surface area contributed by atoms with Crippen LogP contribution in [-0.2, 0) is 0 Å². The van der Waals surface area contributed by atoms with Gasteiger partial charge in [-0.25, -0.2) is 9.97 Å². The summed E-state index contributed by atoms with van der Waals surface area (Å²) in [5.41, 5.74) is 3.89. The first kappa shape index (κ1) is 14.5. The van der Waals surface area contributed by atoms with Crippen LogP contribution in [0.25, 0.3) is 11.3 Å². The minimum atomic E-state index is 0.399. The van der Waals surface area contributed by atoms with Crippen molar-refractivity contribution in [2.24, 2.45) is 0 Å². The zero-order valence-electron chi connectivity index (χ0n) is 12.4. The molecule has 0 spiro atoms. The van der Waals surface area contributed by atoms with Gasteiger partial charge in [-0.3, -0.25) is 0 Å². The van der Waals surface area contributed by atoms with E-state index < -0.39 is 0 Å². The summed E-state index contributed by atoms with van der Waals surface area (Å²) in [5.74, 6) is 1.35. The lowest BCUT2D eigenvalue weighted by Crippen LogP contribution is -1.96. The van der Waals surface area contributed by atoms with Gasteiger partial charge < -0.3 is 4.74 Å². The second kappa shape index (κ2) is 6.16. The smallest absolute Gasteiger partial charge is 0.153 e. The van der Waals surface area contributed by atoms with E-state index in [2.05, 4.69) is 9.97 Å². The van der Waals surface area contributed by atoms with Crippen LogP contribution < -0.4 is 4.74 Å². The molecule has 2 aromatic heterocycles. The van der Waals surface area contributed by atoms with Gasteiger partial charge in [0, 0.05) is 23.5 Å². The highest BCUT2D eigenvalue weighted by Gasteiger charge is 2.12. The molecule has 3 rings (SSSR count). The van der Waals surface area contributed by atoms with Crippen molar-refractivity contribution in [3.63, 3.8) is 0 Å². The van der Waals surface area contributed by atoms with E-state index in [1.165, 1.54) is 0 Å². The Morgan fingerprint density at radius 3 is 2.50 bits per heavy atom. The number of hydrogen-bond donors (Lipinski definition) is 0. The SMILES string of the molecule is Cc1cc(Oc2ccnc(Cl)c2)c(-c2ccccc2)nc1C. The van der Waals surface area contributed by atoms with Crippen molar-refractivity contribution in [3.05, 3.63) is 71.1 Å². The molecule has 0 N–H and O–H groups in total. The van der Waals surface area contributed by atoms with Crippen LogP contribution >= 0.6 is 11.6 Å². The number of halogens is 1. The summed E-state index contributed by atoms with van der Waals surface area (Å²) in [4.78, 5) is 8.65. The number of benzene rings is 1. The fraction of sp³-hybridized carbons (Fsp3) is 0.111. The van der Waals surface area contributed by atoms with Crippen molar-refractivity contribution in [1.82, 2.24) is 9.97 Å². The molecule has 0 atom stereocenters. The van der Waals surface area contributed by atoms with Crippen LogP contribution in [0, 0.1) is 13.8 Å². The first-order valence-electron chi connectivity index (χ1n) is 6.96. The van der Waals surface area contributed by atoms with Crippen LogP contribution in [0.3, 0.4) is 0 Å². The van der Waals surface area contributed by atoms with E-state index in [-0.39, 0.29) is 0 Å². The minimum Gasteiger partial charge on any atom is -0.455 e. The predicted molar refractivity (Wildman–Crippen MR) is 88.5 cm³/mol. The zero-order chi connectivity index (χ0) is 15.5. The molecular weight excluding hydrogens is 296 g/mol. The number of aromatic nitrogens is 2. The third-order valence-corrected chi connectivity index (χ3v) is 3.61. The fourth-order valence-corrected chi connectivity index (χ4v) is 2.30. The zero-order valence-corrected chi connectivity index (χ0v) is 13.1. The van der Waals surface area contributed by atoms with Crippen LogP contribution in [0.15, 0.2) is 54.7 Å². The van der Waals surface area contributed by atoms with Crippen LogP contribution in [0.2, 0.25) is 5.15 Å². The van der Waals surface area contributed by atoms with Crippen LogP contribution in [0.1, 0.15) is 11.3 Å². The van der Waals surface area contributed by atoms with Gasteiger partial charge in [-0.1, -0.05) is 41.9 Å². The Morgan fingerprint density at radius 1 is 1.00 bits per heavy atom. The highest BCUT2D eigenvalue weighted by atomic mass is 35.5. The number of ether oxygens (including phenoxy) is 1. The molecule has 0 saturated heterocycles. The molecule has 0 aliphatic rings. The van der Waals surface area contributed by atoms with Crippen molar-refractivity contribution < 1.29 is 4.74 Å². The molecule has 22 heavy (non-hydrogen) atoms. The van der Waals surface area contributed by atoms with E-state index in [9.17, 15) is 0 Å². The van der Waals surface area contributed by atoms with Crippen molar-refractivity contribution in [1.29, 1.82) is 0 Å². The average Bonchev–Trinajstić information content (AvgIpc) is 2.51. The maximum atomic E-state index is 5.99. The van der Waals surface area contributed by atoms with Gasteiger partial charge in [-0.15, -0.1) is 0 Å². The first-order chi connectivity index (χ1) is 10.6. The molecule has 0 saturated carbocycles. The molecule has 3 nitrogen and oxygen atoms in total. The fourth-order valence-electron chi connectivity index (χ4n) is 2.14. The van der Waals surface area contributed by atoms with E-state index in [0.717, 1.165) is 22.5 Å². The van der Waals surface area contributed by atoms with Gasteiger partial charge in [0.15, 0.2) is 5.75 Å². The number of rotatable bonds is 3. The molecule has 0 aliphatic heterocycles. The Morgan fingerprint density at radius 2 is 1.77 bits per heavy atom. The van der Waals surface area contributed by atoms with Gasteiger partial charge in [-0.05, 0) is 31.5 Å². The second-order valence-corrected chi connectivity index (χ2v) is 5.41. The summed E-state index contributed by atoms with van der Waals surface area (Å²) >= 11 is 5.92. The van der Waals surface area contributed by atoms with Gasteiger partial charge in [-0.2, -0.15) is 0 Å². The average molecular weight is 311 g/mol. The molecule has 110 valence electrons. The normalized spacial score (nSPS) is 10.5. The molecule has 0 fully saturated rings. The highest BCUT2D eigenvalue weighted by Crippen LogP contribution is 2.33. The Kier molecular flexibility index (Phi) is 4.07. The molecule has 0 aliphatic carbocycles. The lowest BCUT2D eigenvalue weighted by atomic mass is 10.1. The summed E-state index contributed by atoms with van der Waals surface area (Å²) in [7, 11) is 0. The third kappa shape index (κ3) is 3.10.